The first-order valence-corrected chi connectivity index (χ1v) is 9.63. The van der Waals surface area contributed by atoms with Gasteiger partial charge in [0.15, 0.2) is 0 Å². The summed E-state index contributed by atoms with van der Waals surface area (Å²) in [5.41, 5.74) is 0.986. The Morgan fingerprint density at radius 2 is 1.96 bits per heavy atom. The standard InChI is InChI=1S/C19H28ClN3O2/c1-14(12-15-2-3-18(24)17(20)13-15)19(25)23-8-4-16(5-9-23)22-10-6-21-7-11-22/h2-3,13-14,16,21,24H,4-12H2,1H3/t14-/m1/s1. The molecule has 2 aliphatic heterocycles. The first-order chi connectivity index (χ1) is 12.0. The fraction of sp³-hybridized carbons (Fsp3) is 0.632. The van der Waals surface area contributed by atoms with Crippen molar-refractivity contribution < 1.29 is 9.90 Å². The minimum Gasteiger partial charge on any atom is -0.506 e. The number of benzene rings is 1. The Bertz CT molecular complexity index is 596. The molecule has 0 unspecified atom stereocenters. The zero-order valence-electron chi connectivity index (χ0n) is 14.9. The Morgan fingerprint density at radius 3 is 2.60 bits per heavy atom. The highest BCUT2D eigenvalue weighted by Crippen LogP contribution is 2.26. The predicted molar refractivity (Wildman–Crippen MR) is 100 cm³/mol. The van der Waals surface area contributed by atoms with Gasteiger partial charge in [-0.3, -0.25) is 9.69 Å². The molecular weight excluding hydrogens is 338 g/mol. The number of hydrogen-bond acceptors (Lipinski definition) is 4. The van der Waals surface area contributed by atoms with Crippen molar-refractivity contribution in [3.05, 3.63) is 28.8 Å². The molecule has 1 atom stereocenters. The van der Waals surface area contributed by atoms with E-state index in [4.69, 9.17) is 11.6 Å². The van der Waals surface area contributed by atoms with Crippen molar-refractivity contribution in [2.75, 3.05) is 39.3 Å². The van der Waals surface area contributed by atoms with Crippen molar-refractivity contribution in [1.82, 2.24) is 15.1 Å². The van der Waals surface area contributed by atoms with Crippen LogP contribution in [0.5, 0.6) is 5.75 Å². The summed E-state index contributed by atoms with van der Waals surface area (Å²) in [7, 11) is 0. The summed E-state index contributed by atoms with van der Waals surface area (Å²) in [6, 6.07) is 5.80. The molecule has 2 saturated heterocycles. The van der Waals surface area contributed by atoms with E-state index in [1.807, 2.05) is 17.9 Å². The molecule has 25 heavy (non-hydrogen) atoms. The number of amides is 1. The Kier molecular flexibility index (Phi) is 6.20. The van der Waals surface area contributed by atoms with Gasteiger partial charge < -0.3 is 15.3 Å². The van der Waals surface area contributed by atoms with E-state index in [1.165, 1.54) is 0 Å². The maximum Gasteiger partial charge on any atom is 0.225 e. The topological polar surface area (TPSA) is 55.8 Å². The summed E-state index contributed by atoms with van der Waals surface area (Å²) in [4.78, 5) is 17.3. The monoisotopic (exact) mass is 365 g/mol. The molecule has 1 amide bonds. The molecule has 3 rings (SSSR count). The number of hydrogen-bond donors (Lipinski definition) is 2. The molecule has 0 aromatic heterocycles. The van der Waals surface area contributed by atoms with Gasteiger partial charge in [-0.05, 0) is 37.0 Å². The fourth-order valence-corrected chi connectivity index (χ4v) is 4.13. The molecule has 2 heterocycles. The molecule has 0 saturated carbocycles. The van der Waals surface area contributed by atoms with Crippen LogP contribution in [0, 0.1) is 5.92 Å². The molecule has 6 heteroatoms. The number of nitrogens with one attached hydrogen (secondary N) is 1. The Hall–Kier alpha value is -1.30. The van der Waals surface area contributed by atoms with Crippen LogP contribution in [0.25, 0.3) is 0 Å². The van der Waals surface area contributed by atoms with E-state index in [-0.39, 0.29) is 17.6 Å². The number of carbonyl (C=O) groups is 1. The molecule has 138 valence electrons. The van der Waals surface area contributed by atoms with Gasteiger partial charge in [0.05, 0.1) is 5.02 Å². The van der Waals surface area contributed by atoms with Gasteiger partial charge in [0.1, 0.15) is 5.75 Å². The molecule has 5 nitrogen and oxygen atoms in total. The maximum atomic E-state index is 12.8. The van der Waals surface area contributed by atoms with Crippen LogP contribution in [0.4, 0.5) is 0 Å². The lowest BCUT2D eigenvalue weighted by Gasteiger charge is -2.41. The Balaban J connectivity index is 1.50. The second kappa shape index (κ2) is 8.39. The second-order valence-corrected chi connectivity index (χ2v) is 7.64. The number of rotatable bonds is 4. The van der Waals surface area contributed by atoms with Gasteiger partial charge in [0.25, 0.3) is 0 Å². The molecule has 1 aromatic rings. The number of phenols is 1. The minimum absolute atomic E-state index is 0.0728. The first kappa shape index (κ1) is 18.5. The lowest BCUT2D eigenvalue weighted by Crippen LogP contribution is -2.53. The average Bonchev–Trinajstić information content (AvgIpc) is 2.65. The van der Waals surface area contributed by atoms with Crippen molar-refractivity contribution >= 4 is 17.5 Å². The molecule has 2 fully saturated rings. The van der Waals surface area contributed by atoms with Crippen LogP contribution in [0.1, 0.15) is 25.3 Å². The van der Waals surface area contributed by atoms with Gasteiger partial charge in [-0.15, -0.1) is 0 Å². The quantitative estimate of drug-likeness (QED) is 0.858. The van der Waals surface area contributed by atoms with Gasteiger partial charge in [0, 0.05) is 51.2 Å². The van der Waals surface area contributed by atoms with E-state index in [9.17, 15) is 9.90 Å². The van der Waals surface area contributed by atoms with E-state index in [2.05, 4.69) is 10.2 Å². The zero-order valence-corrected chi connectivity index (χ0v) is 15.6. The van der Waals surface area contributed by atoms with Crippen LogP contribution in [-0.2, 0) is 11.2 Å². The molecule has 0 aliphatic carbocycles. The number of piperazine rings is 1. The molecule has 0 radical (unpaired) electrons. The number of phenolic OH excluding ortho intramolecular Hbond substituents is 1. The summed E-state index contributed by atoms with van der Waals surface area (Å²) >= 11 is 5.96. The highest BCUT2D eigenvalue weighted by molar-refractivity contribution is 6.32. The molecule has 0 spiro atoms. The van der Waals surface area contributed by atoms with Crippen molar-refractivity contribution in [3.63, 3.8) is 0 Å². The fourth-order valence-electron chi connectivity index (χ4n) is 3.93. The van der Waals surface area contributed by atoms with E-state index < -0.39 is 0 Å². The third kappa shape index (κ3) is 4.66. The molecule has 1 aromatic carbocycles. The normalized spacial score (nSPS) is 21.3. The molecule has 2 aliphatic rings. The highest BCUT2D eigenvalue weighted by Gasteiger charge is 2.29. The van der Waals surface area contributed by atoms with E-state index >= 15 is 0 Å². The second-order valence-electron chi connectivity index (χ2n) is 7.23. The van der Waals surface area contributed by atoms with Crippen molar-refractivity contribution in [2.24, 2.45) is 5.92 Å². The summed E-state index contributed by atoms with van der Waals surface area (Å²) in [6.07, 6.45) is 2.80. The molecule has 2 N–H and O–H groups in total. The summed E-state index contributed by atoms with van der Waals surface area (Å²) < 4.78 is 0. The first-order valence-electron chi connectivity index (χ1n) is 9.25. The number of aromatic hydroxyl groups is 1. The van der Waals surface area contributed by atoms with Crippen molar-refractivity contribution in [2.45, 2.75) is 32.2 Å². The lowest BCUT2D eigenvalue weighted by molar-refractivity contribution is -0.136. The van der Waals surface area contributed by atoms with Gasteiger partial charge in [-0.2, -0.15) is 0 Å². The SMILES string of the molecule is C[C@H](Cc1ccc(O)c(Cl)c1)C(=O)N1CCC(N2CCNCC2)CC1. The average molecular weight is 366 g/mol. The zero-order chi connectivity index (χ0) is 17.8. The third-order valence-corrected chi connectivity index (χ3v) is 5.72. The van der Waals surface area contributed by atoms with E-state index in [0.29, 0.717) is 17.5 Å². The third-order valence-electron chi connectivity index (χ3n) is 5.42. The molecule has 0 bridgehead atoms. The predicted octanol–water partition coefficient (Wildman–Crippen LogP) is 2.12. The van der Waals surface area contributed by atoms with E-state index in [1.54, 1.807) is 12.1 Å². The summed E-state index contributed by atoms with van der Waals surface area (Å²) in [6.45, 7) is 8.08. The molecular formula is C19H28ClN3O2. The number of halogens is 1. The van der Waals surface area contributed by atoms with Gasteiger partial charge >= 0.3 is 0 Å². The van der Waals surface area contributed by atoms with E-state index in [0.717, 1.165) is 57.7 Å². The van der Waals surface area contributed by atoms with Gasteiger partial charge in [-0.25, -0.2) is 0 Å². The smallest absolute Gasteiger partial charge is 0.225 e. The summed E-state index contributed by atoms with van der Waals surface area (Å²) in [5, 5.41) is 13.2. The van der Waals surface area contributed by atoms with Gasteiger partial charge in [0.2, 0.25) is 5.91 Å². The largest absolute Gasteiger partial charge is 0.506 e. The van der Waals surface area contributed by atoms with Crippen molar-refractivity contribution in [3.8, 4) is 5.75 Å². The van der Waals surface area contributed by atoms with Crippen LogP contribution < -0.4 is 5.32 Å². The van der Waals surface area contributed by atoms with Crippen LogP contribution in [0.2, 0.25) is 5.02 Å². The van der Waals surface area contributed by atoms with Crippen molar-refractivity contribution in [1.29, 1.82) is 0 Å². The van der Waals surface area contributed by atoms with Gasteiger partial charge in [-0.1, -0.05) is 24.6 Å². The number of piperidine rings is 1. The minimum atomic E-state index is -0.0728. The number of likely N-dealkylation sites (tertiary alicyclic amines) is 1. The number of nitrogens with zero attached hydrogens (tertiary/aromatic N) is 2. The van der Waals surface area contributed by atoms with Crippen LogP contribution in [-0.4, -0.2) is 66.1 Å². The Labute approximate surface area is 154 Å². The maximum absolute atomic E-state index is 12.8. The summed E-state index contributed by atoms with van der Waals surface area (Å²) in [5.74, 6) is 0.235. The number of carbonyl (C=O) groups excluding carboxylic acids is 1. The Morgan fingerprint density at radius 1 is 1.28 bits per heavy atom. The van der Waals surface area contributed by atoms with Crippen LogP contribution in [0.3, 0.4) is 0 Å². The highest BCUT2D eigenvalue weighted by atomic mass is 35.5. The van der Waals surface area contributed by atoms with Crippen LogP contribution >= 0.6 is 11.6 Å². The lowest BCUT2D eigenvalue weighted by atomic mass is 9.97. The van der Waals surface area contributed by atoms with Crippen LogP contribution in [0.15, 0.2) is 18.2 Å².